The van der Waals surface area contributed by atoms with Gasteiger partial charge in [0.25, 0.3) is 0 Å². The van der Waals surface area contributed by atoms with E-state index in [4.69, 9.17) is 10.5 Å². The monoisotopic (exact) mass is 298 g/mol. The van der Waals surface area contributed by atoms with E-state index < -0.39 is 23.2 Å². The van der Waals surface area contributed by atoms with Crippen LogP contribution in [0.3, 0.4) is 0 Å². The topological polar surface area (TPSA) is 64.4 Å². The lowest BCUT2D eigenvalue weighted by Gasteiger charge is -2.33. The van der Waals surface area contributed by atoms with Crippen LogP contribution in [0.15, 0.2) is 18.2 Å². The van der Waals surface area contributed by atoms with Crippen molar-refractivity contribution < 1.29 is 18.3 Å². The zero-order chi connectivity index (χ0) is 15.5. The van der Waals surface area contributed by atoms with Gasteiger partial charge in [-0.3, -0.25) is 4.79 Å². The largest absolute Gasteiger partial charge is 0.381 e. The van der Waals surface area contributed by atoms with Crippen LogP contribution in [0.2, 0.25) is 0 Å². The minimum Gasteiger partial charge on any atom is -0.381 e. The van der Waals surface area contributed by atoms with E-state index in [0.29, 0.717) is 26.1 Å². The van der Waals surface area contributed by atoms with Crippen LogP contribution < -0.4 is 11.1 Å². The summed E-state index contributed by atoms with van der Waals surface area (Å²) in [5.74, 6) is -1.51. The van der Waals surface area contributed by atoms with Crippen LogP contribution in [0.4, 0.5) is 8.78 Å². The molecule has 2 rings (SSSR count). The Morgan fingerprint density at radius 3 is 2.52 bits per heavy atom. The quantitative estimate of drug-likeness (QED) is 0.886. The summed E-state index contributed by atoms with van der Waals surface area (Å²) in [5, 5.41) is 2.74. The standard InChI is InChI=1S/C15H20F2N2O2/c1-10(9-11-12(16)3-2-4-13(11)17)19-14(20)15(18)5-7-21-8-6-15/h2-4,10H,5-9,18H2,1H3,(H,19,20). The van der Waals surface area contributed by atoms with Crippen molar-refractivity contribution in [1.29, 1.82) is 0 Å². The Kier molecular flexibility index (Phi) is 4.90. The van der Waals surface area contributed by atoms with Gasteiger partial charge in [-0.2, -0.15) is 0 Å². The molecule has 1 atom stereocenters. The first kappa shape index (κ1) is 15.9. The molecule has 1 aliphatic rings. The molecular weight excluding hydrogens is 278 g/mol. The SMILES string of the molecule is CC(Cc1c(F)cccc1F)NC(=O)C1(N)CCOCC1. The molecule has 1 unspecified atom stereocenters. The molecule has 1 heterocycles. The summed E-state index contributed by atoms with van der Waals surface area (Å²) in [5.41, 5.74) is 5.08. The van der Waals surface area contributed by atoms with Gasteiger partial charge in [-0.05, 0) is 38.3 Å². The molecule has 0 radical (unpaired) electrons. The minimum absolute atomic E-state index is 0.0247. The van der Waals surface area contributed by atoms with Crippen LogP contribution in [-0.4, -0.2) is 30.7 Å². The Labute approximate surface area is 122 Å². The van der Waals surface area contributed by atoms with Crippen molar-refractivity contribution in [3.05, 3.63) is 35.4 Å². The molecule has 1 aromatic rings. The number of benzene rings is 1. The van der Waals surface area contributed by atoms with Gasteiger partial charge in [0.2, 0.25) is 5.91 Å². The van der Waals surface area contributed by atoms with Crippen molar-refractivity contribution in [1.82, 2.24) is 5.32 Å². The third kappa shape index (κ3) is 3.77. The molecule has 0 aromatic heterocycles. The highest BCUT2D eigenvalue weighted by Gasteiger charge is 2.36. The molecule has 1 aromatic carbocycles. The fourth-order valence-corrected chi connectivity index (χ4v) is 2.41. The van der Waals surface area contributed by atoms with Crippen molar-refractivity contribution in [2.45, 2.75) is 37.8 Å². The summed E-state index contributed by atoms with van der Waals surface area (Å²) in [7, 11) is 0. The van der Waals surface area contributed by atoms with Crippen LogP contribution in [0.1, 0.15) is 25.3 Å². The molecule has 0 saturated carbocycles. The molecule has 21 heavy (non-hydrogen) atoms. The van der Waals surface area contributed by atoms with Gasteiger partial charge in [0.1, 0.15) is 11.6 Å². The summed E-state index contributed by atoms with van der Waals surface area (Å²) >= 11 is 0. The molecule has 0 spiro atoms. The summed E-state index contributed by atoms with van der Waals surface area (Å²) in [6.07, 6.45) is 0.968. The lowest BCUT2D eigenvalue weighted by atomic mass is 9.90. The molecule has 1 aliphatic heterocycles. The first-order chi connectivity index (χ1) is 9.92. The Balaban J connectivity index is 1.98. The highest BCUT2D eigenvalue weighted by molar-refractivity contribution is 5.86. The van der Waals surface area contributed by atoms with Crippen molar-refractivity contribution in [3.63, 3.8) is 0 Å². The molecule has 4 nitrogen and oxygen atoms in total. The number of hydrogen-bond acceptors (Lipinski definition) is 3. The highest BCUT2D eigenvalue weighted by Crippen LogP contribution is 2.19. The fraction of sp³-hybridized carbons (Fsp3) is 0.533. The normalized spacial score (nSPS) is 19.0. The molecule has 0 bridgehead atoms. The fourth-order valence-electron chi connectivity index (χ4n) is 2.41. The average molecular weight is 298 g/mol. The zero-order valence-corrected chi connectivity index (χ0v) is 12.0. The Morgan fingerprint density at radius 2 is 1.95 bits per heavy atom. The van der Waals surface area contributed by atoms with E-state index in [1.54, 1.807) is 6.92 Å². The van der Waals surface area contributed by atoms with Crippen LogP contribution in [0.5, 0.6) is 0 Å². The van der Waals surface area contributed by atoms with E-state index in [1.807, 2.05) is 0 Å². The third-order valence-electron chi connectivity index (χ3n) is 3.79. The third-order valence-corrected chi connectivity index (χ3v) is 3.79. The number of carbonyl (C=O) groups is 1. The second-order valence-electron chi connectivity index (χ2n) is 5.55. The summed E-state index contributed by atoms with van der Waals surface area (Å²) in [6.45, 7) is 2.59. The molecule has 1 saturated heterocycles. The molecular formula is C15H20F2N2O2. The van der Waals surface area contributed by atoms with Crippen molar-refractivity contribution in [3.8, 4) is 0 Å². The van der Waals surface area contributed by atoms with Gasteiger partial charge in [-0.1, -0.05) is 6.07 Å². The number of carbonyl (C=O) groups excluding carboxylic acids is 1. The Bertz CT molecular complexity index is 496. The van der Waals surface area contributed by atoms with E-state index in [2.05, 4.69) is 5.32 Å². The van der Waals surface area contributed by atoms with E-state index in [1.165, 1.54) is 18.2 Å². The average Bonchev–Trinajstić information content (AvgIpc) is 2.44. The number of amides is 1. The molecule has 3 N–H and O–H groups in total. The molecule has 116 valence electrons. The zero-order valence-electron chi connectivity index (χ0n) is 12.0. The Morgan fingerprint density at radius 1 is 1.38 bits per heavy atom. The Hall–Kier alpha value is -1.53. The van der Waals surface area contributed by atoms with Gasteiger partial charge < -0.3 is 15.8 Å². The lowest BCUT2D eigenvalue weighted by molar-refractivity contribution is -0.130. The minimum atomic E-state index is -0.958. The number of halogens is 2. The van der Waals surface area contributed by atoms with E-state index in [9.17, 15) is 13.6 Å². The van der Waals surface area contributed by atoms with Crippen LogP contribution >= 0.6 is 0 Å². The van der Waals surface area contributed by atoms with Gasteiger partial charge in [-0.15, -0.1) is 0 Å². The van der Waals surface area contributed by atoms with E-state index in [0.717, 1.165) is 0 Å². The predicted octanol–water partition coefficient (Wildman–Crippen LogP) is 1.52. The van der Waals surface area contributed by atoms with E-state index in [-0.39, 0.29) is 17.9 Å². The second kappa shape index (κ2) is 6.49. The maximum Gasteiger partial charge on any atom is 0.240 e. The molecule has 1 amide bonds. The van der Waals surface area contributed by atoms with Gasteiger partial charge in [0, 0.05) is 24.8 Å². The number of rotatable bonds is 4. The van der Waals surface area contributed by atoms with Crippen molar-refractivity contribution >= 4 is 5.91 Å². The lowest BCUT2D eigenvalue weighted by Crippen LogP contribution is -2.58. The first-order valence-electron chi connectivity index (χ1n) is 7.03. The molecule has 0 aliphatic carbocycles. The number of nitrogens with one attached hydrogen (secondary N) is 1. The maximum atomic E-state index is 13.6. The van der Waals surface area contributed by atoms with Crippen molar-refractivity contribution in [2.75, 3.05) is 13.2 Å². The first-order valence-corrected chi connectivity index (χ1v) is 7.03. The number of nitrogens with two attached hydrogens (primary N) is 1. The number of ether oxygens (including phenoxy) is 1. The van der Waals surface area contributed by atoms with Crippen LogP contribution in [0, 0.1) is 11.6 Å². The summed E-state index contributed by atoms with van der Waals surface area (Å²) in [6, 6.07) is 3.31. The van der Waals surface area contributed by atoms with Gasteiger partial charge in [0.15, 0.2) is 0 Å². The molecule has 1 fully saturated rings. The van der Waals surface area contributed by atoms with Crippen LogP contribution in [-0.2, 0) is 16.0 Å². The summed E-state index contributed by atoms with van der Waals surface area (Å²) in [4.78, 5) is 12.2. The summed E-state index contributed by atoms with van der Waals surface area (Å²) < 4.78 is 32.4. The van der Waals surface area contributed by atoms with Gasteiger partial charge in [-0.25, -0.2) is 8.78 Å². The number of hydrogen-bond donors (Lipinski definition) is 2. The predicted molar refractivity (Wildman–Crippen MR) is 74.6 cm³/mol. The van der Waals surface area contributed by atoms with Gasteiger partial charge >= 0.3 is 0 Å². The molecule has 6 heteroatoms. The van der Waals surface area contributed by atoms with E-state index >= 15 is 0 Å². The maximum absolute atomic E-state index is 13.6. The van der Waals surface area contributed by atoms with Crippen LogP contribution in [0.25, 0.3) is 0 Å². The van der Waals surface area contributed by atoms with Gasteiger partial charge in [0.05, 0.1) is 5.54 Å². The smallest absolute Gasteiger partial charge is 0.240 e. The van der Waals surface area contributed by atoms with Crippen molar-refractivity contribution in [2.24, 2.45) is 5.73 Å². The second-order valence-corrected chi connectivity index (χ2v) is 5.55. The highest BCUT2D eigenvalue weighted by atomic mass is 19.1.